The van der Waals surface area contributed by atoms with Crippen molar-refractivity contribution in [2.45, 2.75) is 46.7 Å². The Morgan fingerprint density at radius 2 is 1.85 bits per heavy atom. The van der Waals surface area contributed by atoms with Gasteiger partial charge in [-0.3, -0.25) is 4.57 Å². The Balaban J connectivity index is 0.00000114. The number of hydrogen-bond acceptors (Lipinski definition) is 4. The van der Waals surface area contributed by atoms with Crippen LogP contribution in [0.15, 0.2) is 18.2 Å². The highest BCUT2D eigenvalue weighted by Crippen LogP contribution is 2.32. The lowest BCUT2D eigenvalue weighted by Gasteiger charge is -2.18. The fourth-order valence-corrected chi connectivity index (χ4v) is 2.74. The Kier molecular flexibility index (Phi) is 7.79. The molecule has 0 saturated carbocycles. The van der Waals surface area contributed by atoms with Crippen molar-refractivity contribution in [2.24, 2.45) is 5.92 Å². The van der Waals surface area contributed by atoms with Crippen molar-refractivity contribution in [1.82, 2.24) is 9.55 Å². The van der Waals surface area contributed by atoms with Crippen molar-refractivity contribution in [3.63, 3.8) is 0 Å². The molecular formula is C19H23F3N2O3. The van der Waals surface area contributed by atoms with E-state index in [0.29, 0.717) is 11.3 Å². The van der Waals surface area contributed by atoms with E-state index in [4.69, 9.17) is 14.3 Å². The zero-order chi connectivity index (χ0) is 20.8. The summed E-state index contributed by atoms with van der Waals surface area (Å²) in [6.45, 7) is 7.12. The Bertz CT molecular complexity index is 807. The molecule has 1 heterocycles. The van der Waals surface area contributed by atoms with Crippen LogP contribution in [-0.4, -0.2) is 29.0 Å². The number of aromatic nitrogens is 2. The second-order valence-corrected chi connectivity index (χ2v) is 6.12. The van der Waals surface area contributed by atoms with Gasteiger partial charge in [-0.15, -0.1) is 0 Å². The van der Waals surface area contributed by atoms with E-state index in [1.54, 1.807) is 12.1 Å². The third-order valence-corrected chi connectivity index (χ3v) is 4.32. The summed E-state index contributed by atoms with van der Waals surface area (Å²) in [5, 5.41) is 0. The number of ether oxygens (including phenoxy) is 1. The van der Waals surface area contributed by atoms with E-state index in [1.165, 1.54) is 14.0 Å². The van der Waals surface area contributed by atoms with Crippen LogP contribution in [0, 0.1) is 19.8 Å². The third-order valence-electron chi connectivity index (χ3n) is 4.32. The largest absolute Gasteiger partial charge is 0.495 e. The van der Waals surface area contributed by atoms with Crippen molar-refractivity contribution in [3.05, 3.63) is 41.0 Å². The molecule has 0 saturated heterocycles. The van der Waals surface area contributed by atoms with Crippen LogP contribution in [0.25, 0.3) is 5.69 Å². The molecular weight excluding hydrogens is 361 g/mol. The Morgan fingerprint density at radius 1 is 1.26 bits per heavy atom. The first-order chi connectivity index (χ1) is 12.6. The van der Waals surface area contributed by atoms with Crippen molar-refractivity contribution < 1.29 is 27.5 Å². The second kappa shape index (κ2) is 9.37. The summed E-state index contributed by atoms with van der Waals surface area (Å²) in [7, 11) is 1.53. The van der Waals surface area contributed by atoms with Gasteiger partial charge in [-0.25, -0.2) is 4.98 Å². The minimum atomic E-state index is -4.20. The van der Waals surface area contributed by atoms with Gasteiger partial charge in [0.05, 0.1) is 24.4 Å². The van der Waals surface area contributed by atoms with Gasteiger partial charge in [0, 0.05) is 12.1 Å². The van der Waals surface area contributed by atoms with Gasteiger partial charge in [-0.05, 0) is 38.0 Å². The van der Waals surface area contributed by atoms with Crippen molar-refractivity contribution in [1.29, 1.82) is 0 Å². The molecule has 1 aromatic heterocycles. The van der Waals surface area contributed by atoms with Crippen LogP contribution in [0.3, 0.4) is 0 Å². The summed E-state index contributed by atoms with van der Waals surface area (Å²) in [6.07, 6.45) is -3.26. The van der Waals surface area contributed by atoms with E-state index in [9.17, 15) is 13.2 Å². The molecule has 148 valence electrons. The minimum Gasteiger partial charge on any atom is -0.495 e. The predicted octanol–water partition coefficient (Wildman–Crippen LogP) is 4.22. The van der Waals surface area contributed by atoms with Gasteiger partial charge in [0.1, 0.15) is 11.6 Å². The molecule has 0 N–H and O–H groups in total. The van der Waals surface area contributed by atoms with E-state index in [0.717, 1.165) is 29.3 Å². The van der Waals surface area contributed by atoms with Gasteiger partial charge in [-0.1, -0.05) is 19.9 Å². The summed E-state index contributed by atoms with van der Waals surface area (Å²) in [5.41, 5.74) is 3.34. The lowest BCUT2D eigenvalue weighted by atomic mass is 10.00. The molecule has 8 heteroatoms. The molecule has 0 aliphatic rings. The number of rotatable bonds is 5. The fraction of sp³-hybridized carbons (Fsp3) is 0.474. The van der Waals surface area contributed by atoms with Crippen LogP contribution in [0.4, 0.5) is 13.2 Å². The van der Waals surface area contributed by atoms with Gasteiger partial charge in [0.15, 0.2) is 0 Å². The molecule has 5 nitrogen and oxygen atoms in total. The quantitative estimate of drug-likeness (QED) is 0.775. The molecule has 1 unspecified atom stereocenters. The zero-order valence-electron chi connectivity index (χ0n) is 16.0. The molecule has 0 bridgehead atoms. The van der Waals surface area contributed by atoms with Gasteiger partial charge >= 0.3 is 12.3 Å². The monoisotopic (exact) mass is 384 g/mol. The molecule has 27 heavy (non-hydrogen) atoms. The van der Waals surface area contributed by atoms with E-state index in [1.807, 2.05) is 31.4 Å². The second-order valence-electron chi connectivity index (χ2n) is 6.12. The van der Waals surface area contributed by atoms with Crippen LogP contribution in [0.2, 0.25) is 0 Å². The smallest absolute Gasteiger partial charge is 0.391 e. The molecule has 0 aliphatic carbocycles. The number of hydrogen-bond donors (Lipinski definition) is 0. The highest BCUT2D eigenvalue weighted by molar-refractivity contribution is 5.51. The molecule has 0 radical (unpaired) electrons. The molecule has 2 aromatic rings. The molecule has 0 spiro atoms. The van der Waals surface area contributed by atoms with Gasteiger partial charge in [0.25, 0.3) is 0 Å². The lowest BCUT2D eigenvalue weighted by Crippen LogP contribution is -2.21. The summed E-state index contributed by atoms with van der Waals surface area (Å²) in [4.78, 5) is 20.8. The fourth-order valence-electron chi connectivity index (χ4n) is 2.74. The van der Waals surface area contributed by atoms with E-state index >= 15 is 0 Å². The number of carbonyl (C=O) groups excluding carboxylic acids is 2. The van der Waals surface area contributed by atoms with E-state index in [-0.39, 0.29) is 12.6 Å². The van der Waals surface area contributed by atoms with Crippen LogP contribution < -0.4 is 4.74 Å². The number of nitrogens with zero attached hydrogens (tertiary/aromatic N) is 2. The number of alkyl halides is 3. The number of halogens is 3. The molecule has 1 aromatic carbocycles. The van der Waals surface area contributed by atoms with Gasteiger partial charge in [0.2, 0.25) is 0 Å². The maximum absolute atomic E-state index is 12.8. The standard InChI is InChI=1S/C18H23F3N2O.CO2/c1-6-17-22-12(3)13(4)23(17)15-8-7-14(10-16(15)24-5)9-11(2)18(19,20)21;2-1-3/h7-8,10-11H,6,9H2,1-5H3;. The van der Waals surface area contributed by atoms with E-state index in [2.05, 4.69) is 4.98 Å². The Hall–Kier alpha value is -2.60. The SMILES string of the molecule is CCc1nc(C)c(C)n1-c1ccc(CC(C)C(F)(F)F)cc1OC.O=C=O. The highest BCUT2D eigenvalue weighted by Gasteiger charge is 2.35. The number of aryl methyl sites for hydroxylation is 2. The van der Waals surface area contributed by atoms with Crippen LogP contribution >= 0.6 is 0 Å². The first kappa shape index (κ1) is 22.4. The maximum Gasteiger partial charge on any atom is 0.391 e. The normalized spacial score (nSPS) is 12.0. The number of benzene rings is 1. The minimum absolute atomic E-state index is 0.0668. The topological polar surface area (TPSA) is 61.2 Å². The number of methoxy groups -OCH3 is 1. The Labute approximate surface area is 156 Å². The summed E-state index contributed by atoms with van der Waals surface area (Å²) in [6, 6.07) is 5.23. The zero-order valence-corrected chi connectivity index (χ0v) is 16.0. The van der Waals surface area contributed by atoms with Crippen LogP contribution in [0.5, 0.6) is 5.75 Å². The predicted molar refractivity (Wildman–Crippen MR) is 92.9 cm³/mol. The van der Waals surface area contributed by atoms with Crippen LogP contribution in [-0.2, 0) is 22.4 Å². The third kappa shape index (κ3) is 5.44. The van der Waals surface area contributed by atoms with Crippen molar-refractivity contribution in [3.8, 4) is 11.4 Å². The molecule has 0 aliphatic heterocycles. The van der Waals surface area contributed by atoms with Crippen LogP contribution in [0.1, 0.15) is 36.6 Å². The first-order valence-electron chi connectivity index (χ1n) is 8.38. The van der Waals surface area contributed by atoms with Gasteiger partial charge in [-0.2, -0.15) is 22.8 Å². The highest BCUT2D eigenvalue weighted by atomic mass is 19.4. The van der Waals surface area contributed by atoms with Gasteiger partial charge < -0.3 is 4.74 Å². The first-order valence-corrected chi connectivity index (χ1v) is 8.38. The van der Waals surface area contributed by atoms with Crippen molar-refractivity contribution in [2.75, 3.05) is 7.11 Å². The Morgan fingerprint density at radius 3 is 2.33 bits per heavy atom. The average Bonchev–Trinajstić information content (AvgIpc) is 2.89. The summed E-state index contributed by atoms with van der Waals surface area (Å²) in [5.74, 6) is 0.0632. The molecule has 0 amide bonds. The molecule has 0 fully saturated rings. The molecule has 1 atom stereocenters. The van der Waals surface area contributed by atoms with Crippen molar-refractivity contribution >= 4 is 6.15 Å². The number of imidazole rings is 1. The maximum atomic E-state index is 12.8. The summed E-state index contributed by atoms with van der Waals surface area (Å²) >= 11 is 0. The molecule has 2 rings (SSSR count). The lowest BCUT2D eigenvalue weighted by molar-refractivity contribution is -0.191. The van der Waals surface area contributed by atoms with E-state index < -0.39 is 12.1 Å². The summed E-state index contributed by atoms with van der Waals surface area (Å²) < 4.78 is 45.8. The average molecular weight is 384 g/mol.